The maximum absolute atomic E-state index is 9.13. The van der Waals surface area contributed by atoms with Gasteiger partial charge in [-0.3, -0.25) is 4.90 Å². The van der Waals surface area contributed by atoms with E-state index in [1.165, 1.54) is 25.8 Å². The number of pyridine rings is 1. The third kappa shape index (κ3) is 3.15. The molecular weight excluding hydrogens is 276 g/mol. The zero-order chi connectivity index (χ0) is 15.4. The van der Waals surface area contributed by atoms with Crippen LogP contribution in [0.5, 0.6) is 0 Å². The molecule has 1 saturated heterocycles. The van der Waals surface area contributed by atoms with Crippen LogP contribution in [0.1, 0.15) is 38.4 Å². The number of likely N-dealkylation sites (N-methyl/N-ethyl adjacent to an activating group) is 1. The number of nitrogens with zero attached hydrogens (tertiary/aromatic N) is 4. The molecule has 0 aromatic carbocycles. The van der Waals surface area contributed by atoms with Crippen LogP contribution in [-0.2, 0) is 13.0 Å². The maximum Gasteiger partial charge on any atom is 0.160 e. The maximum atomic E-state index is 9.13. The lowest BCUT2D eigenvalue weighted by Gasteiger charge is -2.35. The molecule has 5 nitrogen and oxygen atoms in total. The highest BCUT2D eigenvalue weighted by atomic mass is 16.2. The smallest absolute Gasteiger partial charge is 0.160 e. The molecule has 1 atom stereocenters. The summed E-state index contributed by atoms with van der Waals surface area (Å²) in [7, 11) is 0. The molecule has 1 aliphatic heterocycles. The highest BCUT2D eigenvalue weighted by Gasteiger charge is 2.23. The molecule has 1 unspecified atom stereocenters. The molecule has 0 spiro atoms. The summed E-state index contributed by atoms with van der Waals surface area (Å²) in [6.07, 6.45) is 7.28. The van der Waals surface area contributed by atoms with Gasteiger partial charge in [-0.2, -0.15) is 0 Å². The zero-order valence-electron chi connectivity index (χ0n) is 13.4. The average molecular weight is 302 g/mol. The molecule has 0 saturated carbocycles. The third-order valence-electron chi connectivity index (χ3n) is 4.69. The van der Waals surface area contributed by atoms with E-state index in [1.807, 2.05) is 18.3 Å². The van der Waals surface area contributed by atoms with Gasteiger partial charge in [-0.05, 0) is 44.5 Å². The fourth-order valence-electron chi connectivity index (χ4n) is 3.52. The number of imidazole rings is 1. The van der Waals surface area contributed by atoms with Gasteiger partial charge < -0.3 is 9.67 Å². The minimum atomic E-state index is 0.209. The first-order valence-electron chi connectivity index (χ1n) is 8.48. The molecule has 5 heteroatoms. The van der Waals surface area contributed by atoms with Gasteiger partial charge in [-0.1, -0.05) is 13.3 Å². The molecule has 120 valence electrons. The number of hydrogen-bond acceptors (Lipinski definition) is 4. The molecule has 0 amide bonds. The van der Waals surface area contributed by atoms with Crippen molar-refractivity contribution in [2.24, 2.45) is 0 Å². The van der Waals surface area contributed by atoms with Crippen LogP contribution in [0.15, 0.2) is 18.3 Å². The monoisotopic (exact) mass is 302 g/mol. The molecule has 1 N–H and O–H groups in total. The van der Waals surface area contributed by atoms with Gasteiger partial charge in [0.15, 0.2) is 5.65 Å². The summed E-state index contributed by atoms with van der Waals surface area (Å²) in [4.78, 5) is 11.9. The highest BCUT2D eigenvalue weighted by Crippen LogP contribution is 2.22. The van der Waals surface area contributed by atoms with Crippen molar-refractivity contribution in [1.82, 2.24) is 19.4 Å². The Morgan fingerprint density at radius 1 is 1.36 bits per heavy atom. The Bertz CT molecular complexity index is 610. The normalized spacial score (nSPS) is 19.8. The van der Waals surface area contributed by atoms with E-state index in [2.05, 4.69) is 21.4 Å². The molecule has 0 radical (unpaired) electrons. The number of aryl methyl sites for hydroxylation is 1. The molecule has 0 bridgehead atoms. The van der Waals surface area contributed by atoms with E-state index in [0.29, 0.717) is 6.04 Å². The van der Waals surface area contributed by atoms with Crippen molar-refractivity contribution in [3.05, 3.63) is 24.2 Å². The summed E-state index contributed by atoms with van der Waals surface area (Å²) in [5.41, 5.74) is 1.95. The Balaban J connectivity index is 1.89. The largest absolute Gasteiger partial charge is 0.396 e. The fourth-order valence-corrected chi connectivity index (χ4v) is 3.52. The number of aliphatic hydroxyl groups excluding tert-OH is 1. The van der Waals surface area contributed by atoms with E-state index in [9.17, 15) is 0 Å². The van der Waals surface area contributed by atoms with Crippen LogP contribution in [-0.4, -0.2) is 50.3 Å². The average Bonchev–Trinajstić information content (AvgIpc) is 2.91. The number of aromatic nitrogens is 3. The van der Waals surface area contributed by atoms with Gasteiger partial charge in [-0.15, -0.1) is 0 Å². The first-order valence-corrected chi connectivity index (χ1v) is 8.48. The molecule has 3 rings (SSSR count). The lowest BCUT2D eigenvalue weighted by atomic mass is 10.0. The molecular formula is C17H26N4O. The predicted octanol–water partition coefficient (Wildman–Crippen LogP) is 2.23. The van der Waals surface area contributed by atoms with Gasteiger partial charge in [0.1, 0.15) is 11.3 Å². The summed E-state index contributed by atoms with van der Waals surface area (Å²) in [5.74, 6) is 1.06. The zero-order valence-corrected chi connectivity index (χ0v) is 13.4. The van der Waals surface area contributed by atoms with Gasteiger partial charge in [0.25, 0.3) is 0 Å². The second-order valence-electron chi connectivity index (χ2n) is 6.09. The molecule has 0 aliphatic carbocycles. The van der Waals surface area contributed by atoms with Crippen LogP contribution < -0.4 is 0 Å². The minimum Gasteiger partial charge on any atom is -0.396 e. The molecule has 2 aromatic heterocycles. The minimum absolute atomic E-state index is 0.209. The van der Waals surface area contributed by atoms with E-state index < -0.39 is 0 Å². The first-order chi connectivity index (χ1) is 10.8. The Kier molecular flexibility index (Phi) is 5.05. The van der Waals surface area contributed by atoms with Crippen molar-refractivity contribution in [3.63, 3.8) is 0 Å². The summed E-state index contributed by atoms with van der Waals surface area (Å²) in [6.45, 7) is 5.72. The van der Waals surface area contributed by atoms with E-state index in [4.69, 9.17) is 10.1 Å². The van der Waals surface area contributed by atoms with Gasteiger partial charge in [0.2, 0.25) is 0 Å². The second-order valence-corrected chi connectivity index (χ2v) is 6.09. The topological polar surface area (TPSA) is 54.2 Å². The quantitative estimate of drug-likeness (QED) is 0.889. The molecule has 22 heavy (non-hydrogen) atoms. The van der Waals surface area contributed by atoms with E-state index in [1.54, 1.807) is 0 Å². The van der Waals surface area contributed by atoms with Crippen LogP contribution in [0.3, 0.4) is 0 Å². The Labute approximate surface area is 132 Å². The number of hydrogen-bond donors (Lipinski definition) is 1. The van der Waals surface area contributed by atoms with Crippen LogP contribution >= 0.6 is 0 Å². The third-order valence-corrected chi connectivity index (χ3v) is 4.69. The standard InChI is InChI=1S/C17H26N4O/c1-2-20-11-4-3-7-14(20)13-21-16(9-6-12-22)19-15-8-5-10-18-17(15)21/h5,8,10,14,22H,2-4,6-7,9,11-13H2,1H3. The summed E-state index contributed by atoms with van der Waals surface area (Å²) in [6, 6.07) is 4.54. The predicted molar refractivity (Wildman–Crippen MR) is 87.8 cm³/mol. The fraction of sp³-hybridized carbons (Fsp3) is 0.647. The van der Waals surface area contributed by atoms with Crippen molar-refractivity contribution in [3.8, 4) is 0 Å². The molecule has 3 heterocycles. The van der Waals surface area contributed by atoms with Crippen molar-refractivity contribution in [2.45, 2.75) is 51.6 Å². The van der Waals surface area contributed by atoms with Gasteiger partial charge in [-0.25, -0.2) is 9.97 Å². The Hall–Kier alpha value is -1.46. The number of fused-ring (bicyclic) bond motifs is 1. The number of piperidine rings is 1. The lowest BCUT2D eigenvalue weighted by molar-refractivity contribution is 0.140. The molecule has 1 fully saturated rings. The van der Waals surface area contributed by atoms with Crippen molar-refractivity contribution >= 4 is 11.2 Å². The van der Waals surface area contributed by atoms with Gasteiger partial charge in [0, 0.05) is 31.8 Å². The summed E-state index contributed by atoms with van der Waals surface area (Å²) in [5, 5.41) is 9.13. The van der Waals surface area contributed by atoms with E-state index in [0.717, 1.165) is 42.9 Å². The Morgan fingerprint density at radius 2 is 2.27 bits per heavy atom. The number of aliphatic hydroxyl groups is 1. The molecule has 2 aromatic rings. The van der Waals surface area contributed by atoms with Crippen LogP contribution in [0.4, 0.5) is 0 Å². The number of rotatable bonds is 6. The SMILES string of the molecule is CCN1CCCCC1Cn1c(CCCO)nc2cccnc21. The van der Waals surface area contributed by atoms with Crippen molar-refractivity contribution in [2.75, 3.05) is 19.7 Å². The number of likely N-dealkylation sites (tertiary alicyclic amines) is 1. The van der Waals surface area contributed by atoms with E-state index in [-0.39, 0.29) is 6.61 Å². The Morgan fingerprint density at radius 3 is 3.09 bits per heavy atom. The highest BCUT2D eigenvalue weighted by molar-refractivity contribution is 5.71. The second kappa shape index (κ2) is 7.20. The summed E-state index contributed by atoms with van der Waals surface area (Å²) >= 11 is 0. The van der Waals surface area contributed by atoms with Crippen molar-refractivity contribution in [1.29, 1.82) is 0 Å². The lowest BCUT2D eigenvalue weighted by Crippen LogP contribution is -2.42. The van der Waals surface area contributed by atoms with Gasteiger partial charge >= 0.3 is 0 Å². The van der Waals surface area contributed by atoms with E-state index >= 15 is 0 Å². The van der Waals surface area contributed by atoms with Crippen LogP contribution in [0, 0.1) is 0 Å². The van der Waals surface area contributed by atoms with Crippen LogP contribution in [0.25, 0.3) is 11.2 Å². The van der Waals surface area contributed by atoms with Crippen LogP contribution in [0.2, 0.25) is 0 Å². The molecule has 1 aliphatic rings. The summed E-state index contributed by atoms with van der Waals surface area (Å²) < 4.78 is 2.28. The van der Waals surface area contributed by atoms with Gasteiger partial charge in [0.05, 0.1) is 0 Å². The first kappa shape index (κ1) is 15.4. The van der Waals surface area contributed by atoms with Crippen molar-refractivity contribution < 1.29 is 5.11 Å².